The van der Waals surface area contributed by atoms with Gasteiger partial charge in [-0.15, -0.1) is 0 Å². The Hall–Kier alpha value is -0.680. The Balaban J connectivity index is 3.10. The normalized spacial score (nSPS) is 20.1. The van der Waals surface area contributed by atoms with Crippen molar-refractivity contribution in [1.82, 2.24) is 0 Å². The zero-order valence-corrected chi connectivity index (χ0v) is 7.10. The molecule has 0 heterocycles. The van der Waals surface area contributed by atoms with Crippen molar-refractivity contribution in [2.45, 2.75) is 38.0 Å². The van der Waals surface area contributed by atoms with Crippen molar-refractivity contribution in [2.24, 2.45) is 0 Å². The Labute approximate surface area is 76.6 Å². The third-order valence-electron chi connectivity index (χ3n) is 2.15. The van der Waals surface area contributed by atoms with Crippen LogP contribution < -0.4 is 0 Å². The second-order valence-corrected chi connectivity index (χ2v) is 3.16. The first-order valence-corrected chi connectivity index (χ1v) is 4.09. The SMILES string of the molecule is FC(F)(F)C1=C(C(F)(F)F)CCCC1. The molecule has 0 atom stereocenters. The van der Waals surface area contributed by atoms with Gasteiger partial charge < -0.3 is 0 Å². The Kier molecular flexibility index (Phi) is 2.83. The van der Waals surface area contributed by atoms with E-state index in [4.69, 9.17) is 0 Å². The zero-order valence-electron chi connectivity index (χ0n) is 7.10. The summed E-state index contributed by atoms with van der Waals surface area (Å²) in [5.41, 5.74) is -2.78. The molecule has 0 saturated heterocycles. The van der Waals surface area contributed by atoms with E-state index in [1.54, 1.807) is 0 Å². The molecule has 0 aromatic rings. The molecular weight excluding hydrogens is 210 g/mol. The van der Waals surface area contributed by atoms with Crippen LogP contribution in [0.15, 0.2) is 11.1 Å². The summed E-state index contributed by atoms with van der Waals surface area (Å²) in [6.45, 7) is 0. The number of allylic oxidation sites excluding steroid dienone is 2. The highest BCUT2D eigenvalue weighted by atomic mass is 19.4. The molecule has 6 heteroatoms. The lowest BCUT2D eigenvalue weighted by Crippen LogP contribution is -2.24. The van der Waals surface area contributed by atoms with Crippen molar-refractivity contribution in [1.29, 1.82) is 0 Å². The molecule has 0 bridgehead atoms. The molecule has 0 radical (unpaired) electrons. The predicted octanol–water partition coefficient (Wildman–Crippen LogP) is 3.98. The average molecular weight is 218 g/mol. The van der Waals surface area contributed by atoms with Gasteiger partial charge in [0.25, 0.3) is 0 Å². The van der Waals surface area contributed by atoms with E-state index in [2.05, 4.69) is 0 Å². The van der Waals surface area contributed by atoms with Crippen LogP contribution in [-0.2, 0) is 0 Å². The van der Waals surface area contributed by atoms with Crippen LogP contribution in [0.1, 0.15) is 25.7 Å². The third kappa shape index (κ3) is 2.42. The van der Waals surface area contributed by atoms with Gasteiger partial charge in [0, 0.05) is 11.1 Å². The third-order valence-corrected chi connectivity index (χ3v) is 2.15. The number of alkyl halides is 6. The van der Waals surface area contributed by atoms with E-state index in [0.717, 1.165) is 0 Å². The van der Waals surface area contributed by atoms with Crippen molar-refractivity contribution < 1.29 is 26.3 Å². The van der Waals surface area contributed by atoms with Crippen LogP contribution in [0, 0.1) is 0 Å². The van der Waals surface area contributed by atoms with Gasteiger partial charge >= 0.3 is 12.4 Å². The monoisotopic (exact) mass is 218 g/mol. The summed E-state index contributed by atoms with van der Waals surface area (Å²) in [6, 6.07) is 0. The van der Waals surface area contributed by atoms with Crippen LogP contribution in [0.3, 0.4) is 0 Å². The van der Waals surface area contributed by atoms with Crippen LogP contribution >= 0.6 is 0 Å². The molecule has 0 saturated carbocycles. The first-order chi connectivity index (χ1) is 6.23. The molecule has 1 aliphatic carbocycles. The number of rotatable bonds is 0. The maximum atomic E-state index is 12.2. The van der Waals surface area contributed by atoms with Crippen molar-refractivity contribution in [3.05, 3.63) is 11.1 Å². The molecule has 14 heavy (non-hydrogen) atoms. The number of hydrogen-bond donors (Lipinski definition) is 0. The summed E-state index contributed by atoms with van der Waals surface area (Å²) in [4.78, 5) is 0. The lowest BCUT2D eigenvalue weighted by Gasteiger charge is -2.23. The minimum atomic E-state index is -4.84. The van der Waals surface area contributed by atoms with E-state index in [1.165, 1.54) is 0 Å². The first-order valence-electron chi connectivity index (χ1n) is 4.09. The molecule has 0 aromatic carbocycles. The minimum absolute atomic E-state index is 0.175. The van der Waals surface area contributed by atoms with Gasteiger partial charge in [0.1, 0.15) is 0 Å². The minimum Gasteiger partial charge on any atom is -0.166 e. The quantitative estimate of drug-likeness (QED) is 0.426. The summed E-state index contributed by atoms with van der Waals surface area (Å²) in [5.74, 6) is 0. The highest BCUT2D eigenvalue weighted by molar-refractivity contribution is 5.25. The molecule has 82 valence electrons. The van der Waals surface area contributed by atoms with E-state index < -0.39 is 36.3 Å². The fourth-order valence-corrected chi connectivity index (χ4v) is 1.53. The molecule has 1 aliphatic rings. The average Bonchev–Trinajstić information content (AvgIpc) is 2.01. The number of hydrogen-bond acceptors (Lipinski definition) is 0. The standard InChI is InChI=1S/C8H8F6/c9-7(10,11)5-3-1-2-4-6(5)8(12,13)14/h1-4H2. The largest absolute Gasteiger partial charge is 0.412 e. The molecular formula is C8H8F6. The van der Waals surface area contributed by atoms with Crippen molar-refractivity contribution in [3.63, 3.8) is 0 Å². The highest BCUT2D eigenvalue weighted by Crippen LogP contribution is 2.43. The van der Waals surface area contributed by atoms with Gasteiger partial charge in [0.15, 0.2) is 0 Å². The van der Waals surface area contributed by atoms with E-state index in [9.17, 15) is 26.3 Å². The fourth-order valence-electron chi connectivity index (χ4n) is 1.53. The molecule has 0 nitrogen and oxygen atoms in total. The van der Waals surface area contributed by atoms with Crippen LogP contribution in [-0.4, -0.2) is 12.4 Å². The summed E-state index contributed by atoms with van der Waals surface area (Å²) in [7, 11) is 0. The molecule has 0 unspecified atom stereocenters. The van der Waals surface area contributed by atoms with Crippen LogP contribution in [0.4, 0.5) is 26.3 Å². The zero-order chi connectivity index (χ0) is 11.0. The van der Waals surface area contributed by atoms with Crippen LogP contribution in [0.5, 0.6) is 0 Å². The van der Waals surface area contributed by atoms with Gasteiger partial charge in [0.05, 0.1) is 0 Å². The van der Waals surface area contributed by atoms with Crippen molar-refractivity contribution >= 4 is 0 Å². The van der Waals surface area contributed by atoms with Gasteiger partial charge in [-0.1, -0.05) is 0 Å². The second kappa shape index (κ2) is 3.47. The second-order valence-electron chi connectivity index (χ2n) is 3.16. The van der Waals surface area contributed by atoms with Gasteiger partial charge in [-0.05, 0) is 25.7 Å². The van der Waals surface area contributed by atoms with Crippen molar-refractivity contribution in [3.8, 4) is 0 Å². The predicted molar refractivity (Wildman–Crippen MR) is 37.6 cm³/mol. The molecule has 1 rings (SSSR count). The number of halogens is 6. The summed E-state index contributed by atoms with van der Waals surface area (Å²) in [5, 5.41) is 0. The topological polar surface area (TPSA) is 0 Å². The maximum Gasteiger partial charge on any atom is 0.412 e. The first kappa shape index (κ1) is 11.4. The molecule has 0 N–H and O–H groups in total. The van der Waals surface area contributed by atoms with Gasteiger partial charge in [-0.25, -0.2) is 0 Å². The van der Waals surface area contributed by atoms with Gasteiger partial charge in [0.2, 0.25) is 0 Å². The van der Waals surface area contributed by atoms with E-state index >= 15 is 0 Å². The summed E-state index contributed by atoms with van der Waals surface area (Å²) in [6.07, 6.45) is -10.4. The van der Waals surface area contributed by atoms with E-state index in [-0.39, 0.29) is 12.8 Å². The van der Waals surface area contributed by atoms with Crippen LogP contribution in [0.2, 0.25) is 0 Å². The Morgan fingerprint density at radius 2 is 0.929 bits per heavy atom. The van der Waals surface area contributed by atoms with E-state index in [0.29, 0.717) is 0 Å². The summed E-state index contributed by atoms with van der Waals surface area (Å²) < 4.78 is 73.0. The molecule has 0 amide bonds. The van der Waals surface area contributed by atoms with Gasteiger partial charge in [-0.3, -0.25) is 0 Å². The fraction of sp³-hybridized carbons (Fsp3) is 0.750. The Morgan fingerprint density at radius 1 is 0.643 bits per heavy atom. The molecule has 0 spiro atoms. The summed E-state index contributed by atoms with van der Waals surface area (Å²) >= 11 is 0. The Bertz CT molecular complexity index is 218. The maximum absolute atomic E-state index is 12.2. The van der Waals surface area contributed by atoms with Crippen LogP contribution in [0.25, 0.3) is 0 Å². The smallest absolute Gasteiger partial charge is 0.166 e. The lowest BCUT2D eigenvalue weighted by atomic mass is 9.91. The highest BCUT2D eigenvalue weighted by Gasteiger charge is 2.45. The molecule has 0 aliphatic heterocycles. The van der Waals surface area contributed by atoms with E-state index in [1.807, 2.05) is 0 Å². The molecule has 0 aromatic heterocycles. The Morgan fingerprint density at radius 3 is 1.14 bits per heavy atom. The molecule has 0 fully saturated rings. The van der Waals surface area contributed by atoms with Gasteiger partial charge in [-0.2, -0.15) is 26.3 Å². The lowest BCUT2D eigenvalue weighted by molar-refractivity contribution is -0.120. The van der Waals surface area contributed by atoms with Crippen molar-refractivity contribution in [2.75, 3.05) is 0 Å².